The predicted molar refractivity (Wildman–Crippen MR) is 131 cm³/mol. The summed E-state index contributed by atoms with van der Waals surface area (Å²) in [4.78, 5) is 50.9. The Balaban J connectivity index is 1.69. The monoisotopic (exact) mass is 464 g/mol. The van der Waals surface area contributed by atoms with E-state index in [0.29, 0.717) is 16.8 Å². The average Bonchev–Trinajstić information content (AvgIpc) is 3.17. The van der Waals surface area contributed by atoms with E-state index < -0.39 is 23.3 Å². The molecule has 3 aromatic carbocycles. The third-order valence-electron chi connectivity index (χ3n) is 5.79. The minimum atomic E-state index is -0.639. The van der Waals surface area contributed by atoms with E-state index >= 15 is 0 Å². The summed E-state index contributed by atoms with van der Waals surface area (Å²) in [7, 11) is 0. The fourth-order valence-corrected chi connectivity index (χ4v) is 4.12. The van der Waals surface area contributed by atoms with Crippen molar-refractivity contribution in [2.45, 2.75) is 13.5 Å². The SMILES string of the molecule is CCn1nc(-c2ccccc2)c(-c2ccccc2)c(C(=O)Nc2ccc3c(c2)C(=O)NC3=O)c1=O. The Labute approximate surface area is 200 Å². The molecule has 0 saturated carbocycles. The average molecular weight is 464 g/mol. The lowest BCUT2D eigenvalue weighted by molar-refractivity contribution is 0.0878. The molecule has 172 valence electrons. The van der Waals surface area contributed by atoms with E-state index in [9.17, 15) is 19.2 Å². The molecule has 1 aromatic heterocycles. The van der Waals surface area contributed by atoms with Crippen molar-refractivity contribution in [1.82, 2.24) is 15.1 Å². The number of benzene rings is 3. The highest BCUT2D eigenvalue weighted by atomic mass is 16.2. The van der Waals surface area contributed by atoms with E-state index in [1.165, 1.54) is 22.9 Å². The molecule has 0 atom stereocenters. The molecule has 0 saturated heterocycles. The number of anilines is 1. The number of fused-ring (bicyclic) bond motifs is 1. The molecule has 1 aliphatic heterocycles. The Hall–Kier alpha value is -4.85. The molecule has 0 bridgehead atoms. The Morgan fingerprint density at radius 2 is 1.49 bits per heavy atom. The molecule has 2 N–H and O–H groups in total. The van der Waals surface area contributed by atoms with Gasteiger partial charge in [0.25, 0.3) is 23.3 Å². The smallest absolute Gasteiger partial charge is 0.280 e. The van der Waals surface area contributed by atoms with E-state index in [1.54, 1.807) is 6.92 Å². The van der Waals surface area contributed by atoms with Gasteiger partial charge in [0.15, 0.2) is 0 Å². The van der Waals surface area contributed by atoms with Crippen LogP contribution >= 0.6 is 0 Å². The van der Waals surface area contributed by atoms with Gasteiger partial charge < -0.3 is 5.32 Å². The van der Waals surface area contributed by atoms with E-state index in [1.807, 2.05) is 60.7 Å². The van der Waals surface area contributed by atoms with Crippen molar-refractivity contribution in [3.63, 3.8) is 0 Å². The third-order valence-corrected chi connectivity index (χ3v) is 5.79. The van der Waals surface area contributed by atoms with Gasteiger partial charge in [0.2, 0.25) is 0 Å². The maximum Gasteiger partial charge on any atom is 0.280 e. The van der Waals surface area contributed by atoms with Crippen molar-refractivity contribution in [1.29, 1.82) is 0 Å². The summed E-state index contributed by atoms with van der Waals surface area (Å²) in [6.07, 6.45) is 0. The fraction of sp³-hybridized carbons (Fsp3) is 0.0741. The maximum atomic E-state index is 13.6. The first kappa shape index (κ1) is 22.0. The highest BCUT2D eigenvalue weighted by Gasteiger charge is 2.28. The zero-order valence-electron chi connectivity index (χ0n) is 18.7. The van der Waals surface area contributed by atoms with Crippen molar-refractivity contribution in [3.05, 3.63) is 106 Å². The molecule has 0 spiro atoms. The van der Waals surface area contributed by atoms with Gasteiger partial charge in [-0.25, -0.2) is 4.68 Å². The number of imide groups is 1. The first-order valence-electron chi connectivity index (χ1n) is 11.0. The number of aryl methyl sites for hydroxylation is 1. The van der Waals surface area contributed by atoms with E-state index in [2.05, 4.69) is 15.7 Å². The number of hydrogen-bond donors (Lipinski definition) is 2. The molecule has 0 fully saturated rings. The number of amides is 3. The Morgan fingerprint density at radius 1 is 0.857 bits per heavy atom. The van der Waals surface area contributed by atoms with Crippen molar-refractivity contribution >= 4 is 23.4 Å². The number of aromatic nitrogens is 2. The topological polar surface area (TPSA) is 110 Å². The fourth-order valence-electron chi connectivity index (χ4n) is 4.12. The van der Waals surface area contributed by atoms with Gasteiger partial charge in [0.1, 0.15) is 5.56 Å². The van der Waals surface area contributed by atoms with Crippen molar-refractivity contribution in [2.24, 2.45) is 0 Å². The molecule has 0 radical (unpaired) electrons. The largest absolute Gasteiger partial charge is 0.322 e. The second-order valence-corrected chi connectivity index (χ2v) is 7.95. The number of hydrogen-bond acceptors (Lipinski definition) is 5. The maximum absolute atomic E-state index is 13.6. The number of carbonyl (C=O) groups is 3. The van der Waals surface area contributed by atoms with Gasteiger partial charge in [0.05, 0.1) is 16.8 Å². The quantitative estimate of drug-likeness (QED) is 0.437. The predicted octanol–water partition coefficient (Wildman–Crippen LogP) is 3.73. The summed E-state index contributed by atoms with van der Waals surface area (Å²) in [5.41, 5.74) is 2.45. The molecule has 5 rings (SSSR count). The van der Waals surface area contributed by atoms with Crippen LogP contribution in [0.15, 0.2) is 83.7 Å². The summed E-state index contributed by atoms with van der Waals surface area (Å²) in [6, 6.07) is 22.9. The van der Waals surface area contributed by atoms with Gasteiger partial charge in [-0.1, -0.05) is 60.7 Å². The zero-order valence-corrected chi connectivity index (χ0v) is 18.7. The van der Waals surface area contributed by atoms with Gasteiger partial charge in [-0.15, -0.1) is 0 Å². The van der Waals surface area contributed by atoms with Gasteiger partial charge in [-0.3, -0.25) is 24.5 Å². The number of nitrogens with zero attached hydrogens (tertiary/aromatic N) is 2. The molecule has 0 unspecified atom stereocenters. The second-order valence-electron chi connectivity index (χ2n) is 7.95. The minimum absolute atomic E-state index is 0.0621. The molecule has 0 aliphatic carbocycles. The van der Waals surface area contributed by atoms with Crippen LogP contribution in [0.5, 0.6) is 0 Å². The second kappa shape index (κ2) is 8.83. The van der Waals surface area contributed by atoms with Crippen LogP contribution in [0.1, 0.15) is 38.0 Å². The van der Waals surface area contributed by atoms with E-state index in [0.717, 1.165) is 5.56 Å². The molecule has 35 heavy (non-hydrogen) atoms. The van der Waals surface area contributed by atoms with Crippen LogP contribution in [0.2, 0.25) is 0 Å². The number of carbonyl (C=O) groups excluding carboxylic acids is 3. The molecule has 3 amide bonds. The van der Waals surface area contributed by atoms with Crippen molar-refractivity contribution in [2.75, 3.05) is 5.32 Å². The van der Waals surface area contributed by atoms with Crippen LogP contribution < -0.4 is 16.2 Å². The van der Waals surface area contributed by atoms with E-state index in [4.69, 9.17) is 0 Å². The Kier molecular flexibility index (Phi) is 5.54. The minimum Gasteiger partial charge on any atom is -0.322 e. The van der Waals surface area contributed by atoms with Crippen molar-refractivity contribution in [3.8, 4) is 22.4 Å². The summed E-state index contributed by atoms with van der Waals surface area (Å²) >= 11 is 0. The standard InChI is InChI=1S/C27H20N4O4/c1-2-31-27(35)22(26(34)28-18-13-14-19-20(15-18)25(33)29-24(19)32)21(16-9-5-3-6-10-16)23(30-31)17-11-7-4-8-12-17/h3-15H,2H2,1H3,(H,28,34)(H,29,32,33). The Bertz CT molecular complexity index is 1540. The summed E-state index contributed by atoms with van der Waals surface area (Å²) in [6.45, 7) is 2.05. The van der Waals surface area contributed by atoms with Crippen LogP contribution in [-0.2, 0) is 6.54 Å². The van der Waals surface area contributed by atoms with Crippen LogP contribution in [0.25, 0.3) is 22.4 Å². The summed E-state index contributed by atoms with van der Waals surface area (Å²) in [5, 5.41) is 9.54. The molecule has 8 heteroatoms. The van der Waals surface area contributed by atoms with Crippen LogP contribution in [0, 0.1) is 0 Å². The first-order valence-corrected chi connectivity index (χ1v) is 11.0. The molecule has 8 nitrogen and oxygen atoms in total. The third kappa shape index (κ3) is 3.91. The zero-order chi connectivity index (χ0) is 24.5. The first-order chi connectivity index (χ1) is 17.0. The van der Waals surface area contributed by atoms with Crippen molar-refractivity contribution < 1.29 is 14.4 Å². The van der Waals surface area contributed by atoms with Crippen LogP contribution in [-0.4, -0.2) is 27.5 Å². The molecule has 1 aliphatic rings. The normalized spacial score (nSPS) is 12.3. The highest BCUT2D eigenvalue weighted by Crippen LogP contribution is 2.32. The van der Waals surface area contributed by atoms with Crippen LogP contribution in [0.3, 0.4) is 0 Å². The van der Waals surface area contributed by atoms with Gasteiger partial charge in [-0.05, 0) is 30.7 Å². The van der Waals surface area contributed by atoms with Gasteiger partial charge in [0, 0.05) is 23.4 Å². The van der Waals surface area contributed by atoms with E-state index in [-0.39, 0.29) is 28.9 Å². The lowest BCUT2D eigenvalue weighted by Gasteiger charge is -2.17. The van der Waals surface area contributed by atoms with Crippen LogP contribution in [0.4, 0.5) is 5.69 Å². The number of nitrogens with one attached hydrogen (secondary N) is 2. The lowest BCUT2D eigenvalue weighted by atomic mass is 9.95. The lowest BCUT2D eigenvalue weighted by Crippen LogP contribution is -2.32. The van der Waals surface area contributed by atoms with Gasteiger partial charge >= 0.3 is 0 Å². The molecule has 2 heterocycles. The molecular weight excluding hydrogens is 444 g/mol. The summed E-state index contributed by atoms with van der Waals surface area (Å²) < 4.78 is 1.26. The number of rotatable bonds is 5. The summed E-state index contributed by atoms with van der Waals surface area (Å²) in [5.74, 6) is -1.66. The Morgan fingerprint density at radius 3 is 2.14 bits per heavy atom. The molecule has 4 aromatic rings. The highest BCUT2D eigenvalue weighted by molar-refractivity contribution is 6.22. The van der Waals surface area contributed by atoms with Gasteiger partial charge in [-0.2, -0.15) is 5.10 Å². The molecular formula is C27H20N4O4.